The molecule has 0 bridgehead atoms. The fourth-order valence-electron chi connectivity index (χ4n) is 4.01. The van der Waals surface area contributed by atoms with Gasteiger partial charge in [0.15, 0.2) is 18.0 Å². The van der Waals surface area contributed by atoms with Gasteiger partial charge < -0.3 is 24.5 Å². The van der Waals surface area contributed by atoms with Crippen molar-refractivity contribution in [3.05, 3.63) is 61.1 Å². The van der Waals surface area contributed by atoms with E-state index in [0.717, 1.165) is 62.6 Å². The molecular formula is C26H29N7O3. The van der Waals surface area contributed by atoms with Gasteiger partial charge in [-0.15, -0.1) is 0 Å². The maximum absolute atomic E-state index is 5.57. The van der Waals surface area contributed by atoms with Crippen LogP contribution in [-0.2, 0) is 4.74 Å². The Morgan fingerprint density at radius 3 is 2.61 bits per heavy atom. The van der Waals surface area contributed by atoms with Crippen molar-refractivity contribution < 1.29 is 13.9 Å². The number of morpholine rings is 1. The molecule has 0 spiro atoms. The molecule has 5 rings (SSSR count). The van der Waals surface area contributed by atoms with Gasteiger partial charge in [-0.2, -0.15) is 15.0 Å². The molecule has 0 atom stereocenters. The number of methoxy groups -OCH3 is 1. The van der Waals surface area contributed by atoms with Gasteiger partial charge in [-0.25, -0.2) is 4.98 Å². The van der Waals surface area contributed by atoms with E-state index in [0.29, 0.717) is 29.2 Å². The molecule has 4 aromatic rings. The Morgan fingerprint density at radius 1 is 1.00 bits per heavy atom. The molecule has 1 saturated heterocycles. The molecule has 0 saturated carbocycles. The Bertz CT molecular complexity index is 1250. The second kappa shape index (κ2) is 11.6. The number of benzene rings is 2. The van der Waals surface area contributed by atoms with Crippen molar-refractivity contribution in [3.8, 4) is 28.5 Å². The van der Waals surface area contributed by atoms with Crippen molar-refractivity contribution in [2.45, 2.75) is 6.42 Å². The van der Waals surface area contributed by atoms with E-state index in [-0.39, 0.29) is 0 Å². The van der Waals surface area contributed by atoms with Gasteiger partial charge in [0.05, 0.1) is 32.1 Å². The Balaban J connectivity index is 1.33. The summed E-state index contributed by atoms with van der Waals surface area (Å²) in [6.07, 6.45) is 4.03. The average Bonchev–Trinajstić information content (AvgIpc) is 3.47. The van der Waals surface area contributed by atoms with Crippen molar-refractivity contribution >= 4 is 17.6 Å². The molecule has 10 nitrogen and oxygen atoms in total. The van der Waals surface area contributed by atoms with Crippen molar-refractivity contribution in [2.24, 2.45) is 0 Å². The first-order chi connectivity index (χ1) is 17.8. The Morgan fingerprint density at radius 2 is 1.83 bits per heavy atom. The molecule has 1 aliphatic heterocycles. The smallest absolute Gasteiger partial charge is 0.232 e. The van der Waals surface area contributed by atoms with Crippen LogP contribution in [0.5, 0.6) is 5.75 Å². The van der Waals surface area contributed by atoms with Gasteiger partial charge >= 0.3 is 0 Å². The number of hydrogen-bond acceptors (Lipinski definition) is 10. The third-order valence-electron chi connectivity index (χ3n) is 5.86. The number of aromatic nitrogens is 4. The van der Waals surface area contributed by atoms with Crippen molar-refractivity contribution in [3.63, 3.8) is 0 Å². The summed E-state index contributed by atoms with van der Waals surface area (Å²) in [5.41, 5.74) is 2.50. The monoisotopic (exact) mass is 487 g/mol. The van der Waals surface area contributed by atoms with Crippen LogP contribution in [0.4, 0.5) is 17.6 Å². The molecule has 0 unspecified atom stereocenters. The van der Waals surface area contributed by atoms with Gasteiger partial charge in [-0.05, 0) is 25.1 Å². The molecule has 36 heavy (non-hydrogen) atoms. The topological polar surface area (TPSA) is 110 Å². The van der Waals surface area contributed by atoms with Gasteiger partial charge in [0, 0.05) is 37.0 Å². The molecule has 0 aliphatic carbocycles. The highest BCUT2D eigenvalue weighted by molar-refractivity contribution is 5.71. The SMILES string of the molecule is COc1cc(Nc2nc(NCCCN3CCOCC3)nc(-c3ccccc3)n2)ccc1-c1cnco1. The van der Waals surface area contributed by atoms with Crippen LogP contribution in [0.1, 0.15) is 6.42 Å². The lowest BCUT2D eigenvalue weighted by molar-refractivity contribution is 0.0378. The van der Waals surface area contributed by atoms with Gasteiger partial charge in [-0.3, -0.25) is 4.90 Å². The Labute approximate surface area is 209 Å². The van der Waals surface area contributed by atoms with Gasteiger partial charge in [0.25, 0.3) is 0 Å². The number of ether oxygens (including phenoxy) is 2. The minimum Gasteiger partial charge on any atom is -0.496 e. The quantitative estimate of drug-likeness (QED) is 0.318. The molecule has 1 fully saturated rings. The molecule has 0 amide bonds. The number of nitrogens with zero attached hydrogens (tertiary/aromatic N) is 5. The van der Waals surface area contributed by atoms with Gasteiger partial charge in [0.2, 0.25) is 11.9 Å². The lowest BCUT2D eigenvalue weighted by Crippen LogP contribution is -2.37. The Hall–Kier alpha value is -4.02. The zero-order chi connectivity index (χ0) is 24.6. The highest BCUT2D eigenvalue weighted by atomic mass is 16.5. The van der Waals surface area contributed by atoms with Crippen molar-refractivity contribution in [2.75, 3.05) is 57.1 Å². The number of hydrogen-bond donors (Lipinski definition) is 2. The maximum atomic E-state index is 5.57. The molecule has 10 heteroatoms. The fraction of sp³-hybridized carbons (Fsp3) is 0.308. The highest BCUT2D eigenvalue weighted by Crippen LogP contribution is 2.33. The molecule has 0 radical (unpaired) electrons. The number of anilines is 3. The van der Waals surface area contributed by atoms with Crippen LogP contribution in [0.15, 0.2) is 65.5 Å². The second-order valence-corrected chi connectivity index (χ2v) is 8.31. The lowest BCUT2D eigenvalue weighted by Gasteiger charge is -2.26. The van der Waals surface area contributed by atoms with Gasteiger partial charge in [0.1, 0.15) is 5.75 Å². The molecule has 2 N–H and O–H groups in total. The standard InChI is InChI=1S/C26H29N7O3/c1-34-22-16-20(8-9-21(22)23-17-27-18-36-23)29-26-31-24(19-6-3-2-4-7-19)30-25(32-26)28-10-5-11-33-12-14-35-15-13-33/h2-4,6-9,16-18H,5,10-15H2,1H3,(H2,28,29,30,31,32). The van der Waals surface area contributed by atoms with E-state index in [9.17, 15) is 0 Å². The Kier molecular flexibility index (Phi) is 7.64. The summed E-state index contributed by atoms with van der Waals surface area (Å²) < 4.78 is 16.4. The van der Waals surface area contributed by atoms with E-state index < -0.39 is 0 Å². The van der Waals surface area contributed by atoms with E-state index in [1.807, 2.05) is 48.5 Å². The lowest BCUT2D eigenvalue weighted by atomic mass is 10.1. The van der Waals surface area contributed by atoms with E-state index in [2.05, 4.69) is 35.5 Å². The largest absolute Gasteiger partial charge is 0.496 e. The van der Waals surface area contributed by atoms with Crippen LogP contribution in [0.25, 0.3) is 22.7 Å². The van der Waals surface area contributed by atoms with E-state index in [1.165, 1.54) is 6.39 Å². The molecule has 2 aromatic heterocycles. The van der Waals surface area contributed by atoms with Crippen LogP contribution in [0.2, 0.25) is 0 Å². The fourth-order valence-corrected chi connectivity index (χ4v) is 4.01. The normalized spacial score (nSPS) is 13.9. The number of oxazole rings is 1. The van der Waals surface area contributed by atoms with Crippen LogP contribution in [0, 0.1) is 0 Å². The highest BCUT2D eigenvalue weighted by Gasteiger charge is 2.13. The van der Waals surface area contributed by atoms with Gasteiger partial charge in [-0.1, -0.05) is 30.3 Å². The number of rotatable bonds is 10. The number of nitrogens with one attached hydrogen (secondary N) is 2. The minimum atomic E-state index is 0.439. The first-order valence-corrected chi connectivity index (χ1v) is 12.0. The van der Waals surface area contributed by atoms with E-state index in [4.69, 9.17) is 13.9 Å². The minimum absolute atomic E-state index is 0.439. The summed E-state index contributed by atoms with van der Waals surface area (Å²) in [6.45, 7) is 5.35. The third kappa shape index (κ3) is 5.96. The predicted octanol–water partition coefficient (Wildman–Crippen LogP) is 4.08. The summed E-state index contributed by atoms with van der Waals surface area (Å²) in [5.74, 6) is 2.84. The molecule has 1 aliphatic rings. The average molecular weight is 488 g/mol. The summed E-state index contributed by atoms with van der Waals surface area (Å²) in [7, 11) is 1.62. The van der Waals surface area contributed by atoms with Crippen LogP contribution in [-0.4, -0.2) is 71.3 Å². The van der Waals surface area contributed by atoms with Crippen LogP contribution < -0.4 is 15.4 Å². The van der Waals surface area contributed by atoms with Crippen molar-refractivity contribution in [1.29, 1.82) is 0 Å². The van der Waals surface area contributed by atoms with Crippen LogP contribution >= 0.6 is 0 Å². The third-order valence-corrected chi connectivity index (χ3v) is 5.86. The molecule has 186 valence electrons. The first-order valence-electron chi connectivity index (χ1n) is 12.0. The molecular weight excluding hydrogens is 458 g/mol. The van der Waals surface area contributed by atoms with Crippen LogP contribution in [0.3, 0.4) is 0 Å². The van der Waals surface area contributed by atoms with E-state index >= 15 is 0 Å². The molecule has 3 heterocycles. The zero-order valence-electron chi connectivity index (χ0n) is 20.2. The summed E-state index contributed by atoms with van der Waals surface area (Å²) in [4.78, 5) is 20.3. The summed E-state index contributed by atoms with van der Waals surface area (Å²) in [5, 5.41) is 6.66. The molecule has 2 aromatic carbocycles. The summed E-state index contributed by atoms with van der Waals surface area (Å²) >= 11 is 0. The first kappa shape index (κ1) is 23.7. The second-order valence-electron chi connectivity index (χ2n) is 8.31. The van der Waals surface area contributed by atoms with Crippen molar-refractivity contribution in [1.82, 2.24) is 24.8 Å². The summed E-state index contributed by atoms with van der Waals surface area (Å²) in [6, 6.07) is 15.6. The zero-order valence-corrected chi connectivity index (χ0v) is 20.2. The maximum Gasteiger partial charge on any atom is 0.232 e. The van der Waals surface area contributed by atoms with E-state index in [1.54, 1.807) is 13.3 Å². The predicted molar refractivity (Wildman–Crippen MR) is 137 cm³/mol.